The monoisotopic (exact) mass is 453 g/mol. The summed E-state index contributed by atoms with van der Waals surface area (Å²) < 4.78 is 7.31. The van der Waals surface area contributed by atoms with Gasteiger partial charge in [0.1, 0.15) is 12.4 Å². The molecule has 4 fully saturated rings. The van der Waals surface area contributed by atoms with Crippen LogP contribution in [0.2, 0.25) is 0 Å². The molecular formula is C26H32BrNO. The van der Waals surface area contributed by atoms with Crippen LogP contribution in [0, 0.1) is 23.2 Å². The molecule has 2 aromatic carbocycles. The van der Waals surface area contributed by atoms with E-state index in [4.69, 9.17) is 4.74 Å². The molecule has 2 nitrogen and oxygen atoms in total. The Labute approximate surface area is 183 Å². The van der Waals surface area contributed by atoms with Crippen molar-refractivity contribution in [3.63, 3.8) is 0 Å². The van der Waals surface area contributed by atoms with Gasteiger partial charge in [0.2, 0.25) is 0 Å². The summed E-state index contributed by atoms with van der Waals surface area (Å²) in [5, 5.41) is 3.92. The van der Waals surface area contributed by atoms with Gasteiger partial charge in [-0.25, -0.2) is 0 Å². The Morgan fingerprint density at radius 1 is 1.00 bits per heavy atom. The molecule has 2 aromatic rings. The minimum atomic E-state index is 0.534. The highest BCUT2D eigenvalue weighted by atomic mass is 79.9. The van der Waals surface area contributed by atoms with E-state index in [1.54, 1.807) is 0 Å². The van der Waals surface area contributed by atoms with E-state index in [0.717, 1.165) is 34.5 Å². The lowest BCUT2D eigenvalue weighted by molar-refractivity contribution is -0.0706. The smallest absolute Gasteiger partial charge is 0.124 e. The summed E-state index contributed by atoms with van der Waals surface area (Å²) in [6, 6.07) is 17.4. The zero-order valence-corrected chi connectivity index (χ0v) is 19.0. The van der Waals surface area contributed by atoms with Crippen LogP contribution in [-0.4, -0.2) is 6.04 Å². The molecule has 4 saturated carbocycles. The lowest BCUT2D eigenvalue weighted by Gasteiger charge is -2.59. The Balaban J connectivity index is 1.26. The number of hydrogen-bond donors (Lipinski definition) is 1. The van der Waals surface area contributed by atoms with Crippen LogP contribution in [-0.2, 0) is 13.2 Å². The van der Waals surface area contributed by atoms with Gasteiger partial charge >= 0.3 is 0 Å². The second-order valence-electron chi connectivity index (χ2n) is 9.91. The topological polar surface area (TPSA) is 21.3 Å². The molecule has 0 heterocycles. The summed E-state index contributed by atoms with van der Waals surface area (Å²) in [5.41, 5.74) is 2.98. The summed E-state index contributed by atoms with van der Waals surface area (Å²) in [6.07, 6.45) is 8.87. The van der Waals surface area contributed by atoms with E-state index in [1.807, 2.05) is 6.07 Å². The van der Waals surface area contributed by atoms with Crippen molar-refractivity contribution in [2.45, 2.75) is 64.6 Å². The van der Waals surface area contributed by atoms with Crippen molar-refractivity contribution in [2.75, 3.05) is 0 Å². The minimum Gasteiger partial charge on any atom is -0.489 e. The van der Waals surface area contributed by atoms with Gasteiger partial charge < -0.3 is 10.1 Å². The van der Waals surface area contributed by atoms with Crippen LogP contribution in [0.4, 0.5) is 0 Å². The zero-order valence-electron chi connectivity index (χ0n) is 17.4. The average Bonchev–Trinajstić information content (AvgIpc) is 2.71. The third-order valence-electron chi connectivity index (χ3n) is 7.86. The summed E-state index contributed by atoms with van der Waals surface area (Å²) in [6.45, 7) is 3.92. The highest BCUT2D eigenvalue weighted by Crippen LogP contribution is 2.61. The molecule has 4 aliphatic carbocycles. The molecule has 0 spiro atoms. The first-order valence-corrected chi connectivity index (χ1v) is 12.1. The molecule has 0 aromatic heterocycles. The lowest BCUT2D eigenvalue weighted by Crippen LogP contribution is -2.54. The fraction of sp³-hybridized carbons (Fsp3) is 0.538. The maximum Gasteiger partial charge on any atom is 0.124 e. The van der Waals surface area contributed by atoms with Crippen molar-refractivity contribution < 1.29 is 4.74 Å². The molecule has 0 aliphatic heterocycles. The average molecular weight is 454 g/mol. The van der Waals surface area contributed by atoms with Gasteiger partial charge in [-0.3, -0.25) is 0 Å². The Morgan fingerprint density at radius 2 is 1.66 bits per heavy atom. The van der Waals surface area contributed by atoms with Crippen LogP contribution in [0.1, 0.15) is 56.6 Å². The Morgan fingerprint density at radius 3 is 2.31 bits per heavy atom. The van der Waals surface area contributed by atoms with Gasteiger partial charge in [-0.15, -0.1) is 0 Å². The summed E-state index contributed by atoms with van der Waals surface area (Å²) >= 11 is 3.65. The van der Waals surface area contributed by atoms with Gasteiger partial charge in [-0.05, 0) is 92.4 Å². The van der Waals surface area contributed by atoms with Crippen LogP contribution in [0.3, 0.4) is 0 Å². The van der Waals surface area contributed by atoms with Crippen LogP contribution >= 0.6 is 15.9 Å². The lowest BCUT2D eigenvalue weighted by atomic mass is 9.48. The zero-order chi connectivity index (χ0) is 19.8. The molecule has 0 saturated heterocycles. The van der Waals surface area contributed by atoms with E-state index in [1.165, 1.54) is 49.7 Å². The molecule has 4 bridgehead atoms. The van der Waals surface area contributed by atoms with E-state index < -0.39 is 0 Å². The second-order valence-corrected chi connectivity index (χ2v) is 10.8. The van der Waals surface area contributed by atoms with Crippen LogP contribution in [0.5, 0.6) is 5.75 Å². The molecule has 0 radical (unpaired) electrons. The third-order valence-corrected chi connectivity index (χ3v) is 8.36. The quantitative estimate of drug-likeness (QED) is 0.501. The molecule has 29 heavy (non-hydrogen) atoms. The van der Waals surface area contributed by atoms with Gasteiger partial charge in [-0.2, -0.15) is 0 Å². The standard InChI is InChI=1S/C26H32BrNO/c1-18(26-13-20-9-21(14-26)11-22(10-20)15-26)28-16-23-12-24(27)7-8-25(23)29-17-19-5-3-2-4-6-19/h2-8,12,18,20-22,28H,9-11,13-17H2,1H3. The van der Waals surface area contributed by atoms with E-state index in [0.29, 0.717) is 18.1 Å². The summed E-state index contributed by atoms with van der Waals surface area (Å²) in [5.74, 6) is 3.99. The second kappa shape index (κ2) is 8.07. The van der Waals surface area contributed by atoms with E-state index in [-0.39, 0.29) is 0 Å². The Hall–Kier alpha value is -1.32. The predicted molar refractivity (Wildman–Crippen MR) is 122 cm³/mol. The molecule has 154 valence electrons. The number of ether oxygens (including phenoxy) is 1. The van der Waals surface area contributed by atoms with Crippen molar-refractivity contribution in [2.24, 2.45) is 23.2 Å². The number of halogens is 1. The number of rotatable bonds is 7. The van der Waals surface area contributed by atoms with Crippen molar-refractivity contribution in [3.8, 4) is 5.75 Å². The molecule has 1 N–H and O–H groups in total. The number of benzene rings is 2. The van der Waals surface area contributed by atoms with Crippen molar-refractivity contribution in [1.29, 1.82) is 0 Å². The van der Waals surface area contributed by atoms with Crippen LogP contribution < -0.4 is 10.1 Å². The van der Waals surface area contributed by atoms with Gasteiger partial charge in [0.25, 0.3) is 0 Å². The Kier molecular flexibility index (Phi) is 5.47. The first kappa shape index (κ1) is 19.6. The first-order valence-electron chi connectivity index (χ1n) is 11.3. The maximum absolute atomic E-state index is 6.20. The fourth-order valence-electron chi connectivity index (χ4n) is 6.75. The molecule has 3 heteroatoms. The normalized spacial score (nSPS) is 31.0. The first-order chi connectivity index (χ1) is 14.1. The van der Waals surface area contributed by atoms with E-state index >= 15 is 0 Å². The molecular weight excluding hydrogens is 422 g/mol. The van der Waals surface area contributed by atoms with Crippen LogP contribution in [0.15, 0.2) is 53.0 Å². The number of hydrogen-bond acceptors (Lipinski definition) is 2. The SMILES string of the molecule is CC(NCc1cc(Br)ccc1OCc1ccccc1)C12CC3CC(CC(C3)C1)C2. The molecule has 0 amide bonds. The largest absolute Gasteiger partial charge is 0.489 e. The van der Waals surface area contributed by atoms with Gasteiger partial charge in [-0.1, -0.05) is 46.3 Å². The molecule has 4 aliphatic rings. The van der Waals surface area contributed by atoms with Gasteiger partial charge in [0.05, 0.1) is 0 Å². The molecule has 1 unspecified atom stereocenters. The highest BCUT2D eigenvalue weighted by Gasteiger charge is 2.52. The molecule has 1 atom stereocenters. The fourth-order valence-corrected chi connectivity index (χ4v) is 7.16. The Bertz CT molecular complexity index is 814. The summed E-state index contributed by atoms with van der Waals surface area (Å²) in [7, 11) is 0. The van der Waals surface area contributed by atoms with Crippen molar-refractivity contribution in [3.05, 3.63) is 64.1 Å². The van der Waals surface area contributed by atoms with Crippen molar-refractivity contribution in [1.82, 2.24) is 5.32 Å². The van der Waals surface area contributed by atoms with Gasteiger partial charge in [0, 0.05) is 22.6 Å². The van der Waals surface area contributed by atoms with E-state index in [2.05, 4.69) is 70.6 Å². The minimum absolute atomic E-state index is 0.534. The van der Waals surface area contributed by atoms with Crippen LogP contribution in [0.25, 0.3) is 0 Å². The van der Waals surface area contributed by atoms with Crippen molar-refractivity contribution >= 4 is 15.9 Å². The highest BCUT2D eigenvalue weighted by molar-refractivity contribution is 9.10. The predicted octanol–water partition coefficient (Wildman–Crippen LogP) is 6.72. The van der Waals surface area contributed by atoms with E-state index in [9.17, 15) is 0 Å². The number of nitrogens with one attached hydrogen (secondary N) is 1. The molecule has 6 rings (SSSR count). The van der Waals surface area contributed by atoms with Gasteiger partial charge in [0.15, 0.2) is 0 Å². The third kappa shape index (κ3) is 4.14. The maximum atomic E-state index is 6.20. The summed E-state index contributed by atoms with van der Waals surface area (Å²) in [4.78, 5) is 0.